The van der Waals surface area contributed by atoms with Gasteiger partial charge in [-0.05, 0) is 24.7 Å². The Labute approximate surface area is 67.7 Å². The van der Waals surface area contributed by atoms with Crippen LogP contribution in [-0.4, -0.2) is 12.1 Å². The number of carbonyl (C=O) groups excluding carboxylic acids is 1. The van der Waals surface area contributed by atoms with Gasteiger partial charge in [0.05, 0.1) is 6.04 Å². The van der Waals surface area contributed by atoms with Gasteiger partial charge in [0.2, 0.25) is 6.08 Å². The predicted molar refractivity (Wildman–Crippen MR) is 44.2 cm³/mol. The predicted octanol–water partition coefficient (Wildman–Crippen LogP) is 2.29. The van der Waals surface area contributed by atoms with E-state index in [-0.39, 0.29) is 6.04 Å². The van der Waals surface area contributed by atoms with Gasteiger partial charge in [0.25, 0.3) is 0 Å². The van der Waals surface area contributed by atoms with Gasteiger partial charge in [0.1, 0.15) is 0 Å². The van der Waals surface area contributed by atoms with Crippen molar-refractivity contribution in [1.82, 2.24) is 0 Å². The van der Waals surface area contributed by atoms with Crippen molar-refractivity contribution in [3.8, 4) is 0 Å². The topological polar surface area (TPSA) is 29.4 Å². The van der Waals surface area contributed by atoms with Crippen molar-refractivity contribution in [3.63, 3.8) is 0 Å². The Morgan fingerprint density at radius 1 is 1.55 bits per heavy atom. The van der Waals surface area contributed by atoms with Gasteiger partial charge in [-0.15, -0.1) is 0 Å². The van der Waals surface area contributed by atoms with Crippen molar-refractivity contribution in [2.24, 2.45) is 10.4 Å². The first-order valence-electron chi connectivity index (χ1n) is 4.21. The average Bonchev–Trinajstić information content (AvgIpc) is 1.85. The second kappa shape index (κ2) is 3.19. The SMILES string of the molecule is CC1(C)CCCC(N=C=O)C1. The van der Waals surface area contributed by atoms with Crippen LogP contribution >= 0.6 is 0 Å². The fourth-order valence-electron chi connectivity index (χ4n) is 1.84. The van der Waals surface area contributed by atoms with Gasteiger partial charge < -0.3 is 0 Å². The van der Waals surface area contributed by atoms with E-state index in [4.69, 9.17) is 0 Å². The summed E-state index contributed by atoms with van der Waals surface area (Å²) in [6, 6.07) is 0.247. The quantitative estimate of drug-likeness (QED) is 0.420. The largest absolute Gasteiger partial charge is 0.235 e. The number of hydrogen-bond acceptors (Lipinski definition) is 2. The summed E-state index contributed by atoms with van der Waals surface area (Å²) in [5.41, 5.74) is 0.378. The summed E-state index contributed by atoms with van der Waals surface area (Å²) in [5, 5.41) is 0. The highest BCUT2D eigenvalue weighted by molar-refractivity contribution is 5.33. The maximum absolute atomic E-state index is 9.99. The van der Waals surface area contributed by atoms with Crippen LogP contribution in [0.15, 0.2) is 4.99 Å². The van der Waals surface area contributed by atoms with Crippen molar-refractivity contribution >= 4 is 6.08 Å². The van der Waals surface area contributed by atoms with Gasteiger partial charge in [0, 0.05) is 0 Å². The van der Waals surface area contributed by atoms with E-state index in [0.29, 0.717) is 5.41 Å². The normalized spacial score (nSPS) is 29.1. The van der Waals surface area contributed by atoms with Crippen LogP contribution in [0.3, 0.4) is 0 Å². The maximum atomic E-state index is 9.99. The summed E-state index contributed by atoms with van der Waals surface area (Å²) in [7, 11) is 0. The number of aliphatic imine (C=N–C) groups is 1. The standard InChI is InChI=1S/C9H15NO/c1-9(2)5-3-4-8(6-9)10-7-11/h8H,3-6H2,1-2H3. The van der Waals surface area contributed by atoms with E-state index in [1.165, 1.54) is 12.8 Å². The third-order valence-electron chi connectivity index (χ3n) is 2.41. The lowest BCUT2D eigenvalue weighted by Gasteiger charge is -2.32. The molecule has 1 rings (SSSR count). The minimum atomic E-state index is 0.247. The van der Waals surface area contributed by atoms with E-state index in [1.807, 2.05) is 0 Å². The molecular weight excluding hydrogens is 138 g/mol. The first kappa shape index (κ1) is 8.48. The number of nitrogens with zero attached hydrogens (tertiary/aromatic N) is 1. The van der Waals surface area contributed by atoms with Gasteiger partial charge in [-0.1, -0.05) is 20.3 Å². The fraction of sp³-hybridized carbons (Fsp3) is 0.889. The molecule has 0 saturated heterocycles. The Morgan fingerprint density at radius 2 is 2.27 bits per heavy atom. The van der Waals surface area contributed by atoms with Crippen LogP contribution in [0.5, 0.6) is 0 Å². The molecule has 1 fully saturated rings. The second-order valence-electron chi connectivity index (χ2n) is 4.13. The average molecular weight is 153 g/mol. The van der Waals surface area contributed by atoms with Gasteiger partial charge in [-0.3, -0.25) is 0 Å². The lowest BCUT2D eigenvalue weighted by molar-refractivity contribution is 0.222. The fourth-order valence-corrected chi connectivity index (χ4v) is 1.84. The van der Waals surface area contributed by atoms with Crippen molar-refractivity contribution in [1.29, 1.82) is 0 Å². The molecular formula is C9H15NO. The minimum absolute atomic E-state index is 0.247. The van der Waals surface area contributed by atoms with Crippen LogP contribution in [0.1, 0.15) is 39.5 Å². The Balaban J connectivity index is 2.52. The molecule has 1 atom stereocenters. The Kier molecular flexibility index (Phi) is 2.45. The van der Waals surface area contributed by atoms with Crippen LogP contribution in [0, 0.1) is 5.41 Å². The first-order chi connectivity index (χ1) is 5.14. The Hall–Kier alpha value is -0.620. The molecule has 1 aliphatic rings. The maximum Gasteiger partial charge on any atom is 0.235 e. The number of isocyanates is 1. The third kappa shape index (κ3) is 2.47. The molecule has 11 heavy (non-hydrogen) atoms. The van der Waals surface area contributed by atoms with Gasteiger partial charge in [-0.25, -0.2) is 9.79 Å². The molecule has 0 heterocycles. The second-order valence-corrected chi connectivity index (χ2v) is 4.13. The lowest BCUT2D eigenvalue weighted by atomic mass is 9.75. The van der Waals surface area contributed by atoms with Crippen LogP contribution in [-0.2, 0) is 4.79 Å². The highest BCUT2D eigenvalue weighted by Gasteiger charge is 2.27. The monoisotopic (exact) mass is 153 g/mol. The number of rotatable bonds is 1. The summed E-state index contributed by atoms with van der Waals surface area (Å²) in [6.45, 7) is 4.47. The van der Waals surface area contributed by atoms with Crippen LogP contribution in [0.2, 0.25) is 0 Å². The van der Waals surface area contributed by atoms with E-state index in [1.54, 1.807) is 6.08 Å². The van der Waals surface area contributed by atoms with Gasteiger partial charge in [0.15, 0.2) is 0 Å². The molecule has 0 radical (unpaired) electrons. The van der Waals surface area contributed by atoms with Crippen LogP contribution in [0.4, 0.5) is 0 Å². The molecule has 0 aromatic carbocycles. The van der Waals surface area contributed by atoms with E-state index in [0.717, 1.165) is 12.8 Å². The van der Waals surface area contributed by atoms with Crippen LogP contribution in [0.25, 0.3) is 0 Å². The molecule has 2 heteroatoms. The van der Waals surface area contributed by atoms with Crippen LogP contribution < -0.4 is 0 Å². The molecule has 0 spiro atoms. The lowest BCUT2D eigenvalue weighted by Crippen LogP contribution is -2.24. The zero-order chi connectivity index (χ0) is 8.32. The third-order valence-corrected chi connectivity index (χ3v) is 2.41. The summed E-state index contributed by atoms with van der Waals surface area (Å²) in [5.74, 6) is 0. The molecule has 0 amide bonds. The summed E-state index contributed by atoms with van der Waals surface area (Å²) < 4.78 is 0. The number of hydrogen-bond donors (Lipinski definition) is 0. The minimum Gasteiger partial charge on any atom is -0.211 e. The van der Waals surface area contributed by atoms with Crippen molar-refractivity contribution < 1.29 is 4.79 Å². The zero-order valence-corrected chi connectivity index (χ0v) is 7.26. The summed E-state index contributed by atoms with van der Waals surface area (Å²) in [4.78, 5) is 13.8. The molecule has 2 nitrogen and oxygen atoms in total. The van der Waals surface area contributed by atoms with E-state index >= 15 is 0 Å². The summed E-state index contributed by atoms with van der Waals surface area (Å²) >= 11 is 0. The van der Waals surface area contributed by atoms with E-state index in [9.17, 15) is 4.79 Å². The molecule has 62 valence electrons. The van der Waals surface area contributed by atoms with Gasteiger partial charge >= 0.3 is 0 Å². The highest BCUT2D eigenvalue weighted by Crippen LogP contribution is 2.36. The Bertz CT molecular complexity index is 180. The first-order valence-corrected chi connectivity index (χ1v) is 4.21. The molecule has 0 N–H and O–H groups in total. The molecule has 0 aliphatic heterocycles. The molecule has 1 aliphatic carbocycles. The molecule has 1 unspecified atom stereocenters. The van der Waals surface area contributed by atoms with Gasteiger partial charge in [-0.2, -0.15) is 0 Å². The Morgan fingerprint density at radius 3 is 2.82 bits per heavy atom. The molecule has 1 saturated carbocycles. The zero-order valence-electron chi connectivity index (χ0n) is 7.26. The molecule has 0 bridgehead atoms. The molecule has 0 aromatic rings. The van der Waals surface area contributed by atoms with E-state index < -0.39 is 0 Å². The smallest absolute Gasteiger partial charge is 0.211 e. The van der Waals surface area contributed by atoms with Crippen molar-refractivity contribution in [2.75, 3.05) is 0 Å². The van der Waals surface area contributed by atoms with Crippen molar-refractivity contribution in [3.05, 3.63) is 0 Å². The summed E-state index contributed by atoms with van der Waals surface area (Å²) in [6.07, 6.45) is 6.22. The highest BCUT2D eigenvalue weighted by atomic mass is 16.1. The van der Waals surface area contributed by atoms with E-state index in [2.05, 4.69) is 18.8 Å². The van der Waals surface area contributed by atoms with Crippen molar-refractivity contribution in [2.45, 2.75) is 45.6 Å². The molecule has 0 aromatic heterocycles.